The number of carbonyl (C=O) groups excluding carboxylic acids is 4. The maximum Gasteiger partial charge on any atom is 0.342 e. The number of aliphatic hydroxyl groups is 6. The molecule has 3 saturated heterocycles. The summed E-state index contributed by atoms with van der Waals surface area (Å²) in [7, 11) is 1.26. The van der Waals surface area contributed by atoms with Gasteiger partial charge in [0.2, 0.25) is 0 Å². The Kier molecular flexibility index (Phi) is 25.5. The summed E-state index contributed by atoms with van der Waals surface area (Å²) in [6, 6.07) is 0. The normalized spacial score (nSPS) is 33.4. The zero-order valence-corrected chi connectivity index (χ0v) is 50.4. The van der Waals surface area contributed by atoms with Crippen molar-refractivity contribution < 1.29 is 97.6 Å². The summed E-state index contributed by atoms with van der Waals surface area (Å²) in [4.78, 5) is 55.0. The van der Waals surface area contributed by atoms with Crippen LogP contribution in [0.1, 0.15) is 124 Å². The smallest absolute Gasteiger partial charge is 0.342 e. The van der Waals surface area contributed by atoms with Crippen LogP contribution in [0.25, 0.3) is 0 Å². The van der Waals surface area contributed by atoms with Crippen LogP contribution in [0.4, 0.5) is 0 Å². The topological polar surface area (TPSA) is 296 Å². The average Bonchev–Trinajstić information content (AvgIpc) is 3.03. The first-order valence-electron chi connectivity index (χ1n) is 27.9. The number of rotatable bonds is 16. The van der Waals surface area contributed by atoms with Gasteiger partial charge in [0.15, 0.2) is 42.9 Å². The van der Waals surface area contributed by atoms with Gasteiger partial charge in [-0.2, -0.15) is 0 Å². The van der Waals surface area contributed by atoms with Crippen LogP contribution in [-0.2, 0) is 58.7 Å². The molecular formula is C59H85Cl2NO20. The minimum Gasteiger partial charge on any atom is -0.505 e. The molecule has 3 fully saturated rings. The number of cyclic esters (lactones) is 1. The molecule has 1 amide bonds. The van der Waals surface area contributed by atoms with E-state index in [4.69, 9.17) is 65.8 Å². The van der Waals surface area contributed by atoms with E-state index in [1.54, 1.807) is 53.7 Å². The number of phenols is 1. The maximum absolute atomic E-state index is 14.1. The van der Waals surface area contributed by atoms with Crippen molar-refractivity contribution in [1.29, 1.82) is 0 Å². The van der Waals surface area contributed by atoms with E-state index >= 15 is 0 Å². The Bertz CT molecular complexity index is 2540. The van der Waals surface area contributed by atoms with Gasteiger partial charge in [-0.05, 0) is 103 Å². The second kappa shape index (κ2) is 30.6. The lowest BCUT2D eigenvalue weighted by Gasteiger charge is -2.47. The standard InChI is InChI=1S/C59H85Cl2NO20/c1-13-35-26-31(6)39(65)18-16-15-17-36(55(72)78-40(33(8)63)20-19-30(5)25-32(7)49(35)80-57-47(69)46(68)53(59(10,11)82-57)81-54(71)29(3)4)27-76-58-52(74-12)48(70)50(34(9)77-58)79-56(73)42-38(14-2)43(60)51(44(61)45(42)67)75-28-41(66)62-23-21-37(64)22-24-62/h15-17,19,25-26,29,33-35,37,39-40,46-50,52-53,57-58,63-65,67-70H,13-14,18,20-24,27-28H2,1-12H3/b16-15+,30-19+,31-26+,32-25+,36-17+/t33-,34+,35+,39+,40+,46-,47+,48-,49+,50+,52-,53+,57-,58+/m1/s1. The summed E-state index contributed by atoms with van der Waals surface area (Å²) in [5.74, 6) is -4.82. The Balaban J connectivity index is 1.34. The number of halogens is 2. The predicted octanol–water partition coefficient (Wildman–Crippen LogP) is 5.89. The van der Waals surface area contributed by atoms with Gasteiger partial charge in [0.25, 0.3) is 5.91 Å². The van der Waals surface area contributed by atoms with Gasteiger partial charge in [-0.1, -0.05) is 86.9 Å². The first kappa shape index (κ1) is 68.3. The van der Waals surface area contributed by atoms with E-state index < -0.39 is 157 Å². The van der Waals surface area contributed by atoms with Crippen LogP contribution in [0, 0.1) is 11.8 Å². The third-order valence-electron chi connectivity index (χ3n) is 15.1. The largest absolute Gasteiger partial charge is 0.505 e. The van der Waals surface area contributed by atoms with Crippen LogP contribution in [0.15, 0.2) is 58.7 Å². The molecule has 1 aromatic rings. The second-order valence-electron chi connectivity index (χ2n) is 22.2. The molecule has 14 atom stereocenters. The van der Waals surface area contributed by atoms with Crippen molar-refractivity contribution in [1.82, 2.24) is 4.90 Å². The third kappa shape index (κ3) is 17.1. The number of piperidine rings is 1. The fourth-order valence-corrected chi connectivity index (χ4v) is 10.7. The molecule has 0 aromatic heterocycles. The number of ether oxygens (including phenoxy) is 9. The molecule has 0 aliphatic carbocycles. The quantitative estimate of drug-likeness (QED) is 0.0577. The highest BCUT2D eigenvalue weighted by atomic mass is 35.5. The molecule has 21 nitrogen and oxygen atoms in total. The van der Waals surface area contributed by atoms with E-state index in [1.165, 1.54) is 38.0 Å². The molecule has 0 saturated carbocycles. The van der Waals surface area contributed by atoms with E-state index in [-0.39, 0.29) is 41.2 Å². The molecule has 0 unspecified atom stereocenters. The van der Waals surface area contributed by atoms with Crippen molar-refractivity contribution in [2.24, 2.45) is 11.8 Å². The molecule has 4 aliphatic heterocycles. The number of likely N-dealkylation sites (tertiary alicyclic amines) is 1. The first-order chi connectivity index (χ1) is 38.6. The fourth-order valence-electron chi connectivity index (χ4n) is 10.1. The van der Waals surface area contributed by atoms with Gasteiger partial charge in [-0.25, -0.2) is 9.59 Å². The number of amides is 1. The van der Waals surface area contributed by atoms with Crippen molar-refractivity contribution in [3.05, 3.63) is 79.9 Å². The number of aromatic hydroxyl groups is 1. The van der Waals surface area contributed by atoms with Crippen LogP contribution in [0.5, 0.6) is 11.5 Å². The van der Waals surface area contributed by atoms with Crippen LogP contribution in [-0.4, -0.2) is 189 Å². The van der Waals surface area contributed by atoms with Gasteiger partial charge in [0, 0.05) is 32.5 Å². The number of aliphatic hydroxyl groups excluding tert-OH is 6. The lowest BCUT2D eigenvalue weighted by molar-refractivity contribution is -0.333. The molecule has 1 aromatic carbocycles. The number of esters is 3. The second-order valence-corrected chi connectivity index (χ2v) is 23.0. The molecule has 7 N–H and O–H groups in total. The van der Waals surface area contributed by atoms with Crippen LogP contribution in [0.2, 0.25) is 10.0 Å². The van der Waals surface area contributed by atoms with Crippen molar-refractivity contribution in [2.45, 2.75) is 206 Å². The van der Waals surface area contributed by atoms with Crippen molar-refractivity contribution >= 4 is 47.0 Å². The predicted molar refractivity (Wildman–Crippen MR) is 301 cm³/mol. The molecule has 82 heavy (non-hydrogen) atoms. The number of carbonyl (C=O) groups is 4. The summed E-state index contributed by atoms with van der Waals surface area (Å²) >= 11 is 13.2. The maximum atomic E-state index is 14.1. The Morgan fingerprint density at radius 3 is 2.18 bits per heavy atom. The number of benzene rings is 1. The SMILES string of the molecule is CCc1c(Cl)c(OCC(=O)N2CCC(O)CC2)c(Cl)c(O)c1C(=O)O[C@@H]1[C@@H](O)[C@@H](OC)[C@@H](OC/C2=C\C=C\C[C@H](O)/C(C)=C/[C@H](CC)[C@@H](O[C@@H]3OC(C)(C)[C@@H](OC(=O)C(C)C)[C@H](O)[C@@H]3O)/C(C)=C/C(C)=C/C[C@@H]([C@@H](C)O)OC2=O)O[C@H]1C. The summed E-state index contributed by atoms with van der Waals surface area (Å²) < 4.78 is 53.6. The molecule has 0 bridgehead atoms. The Morgan fingerprint density at radius 1 is 0.902 bits per heavy atom. The van der Waals surface area contributed by atoms with Crippen LogP contribution >= 0.6 is 23.2 Å². The summed E-state index contributed by atoms with van der Waals surface area (Å²) in [6.45, 7) is 18.2. The number of phenolic OH excluding ortho intramolecular Hbond substituents is 1. The van der Waals surface area contributed by atoms with Crippen LogP contribution in [0.3, 0.4) is 0 Å². The molecule has 0 radical (unpaired) electrons. The van der Waals surface area contributed by atoms with E-state index in [0.29, 0.717) is 49.1 Å². The lowest BCUT2D eigenvalue weighted by atomic mass is 9.88. The van der Waals surface area contributed by atoms with E-state index in [2.05, 4.69) is 0 Å². The van der Waals surface area contributed by atoms with Gasteiger partial charge in [-0.3, -0.25) is 9.59 Å². The van der Waals surface area contributed by atoms with Crippen LogP contribution < -0.4 is 4.74 Å². The van der Waals surface area contributed by atoms with Gasteiger partial charge >= 0.3 is 17.9 Å². The average molecular weight is 1200 g/mol. The van der Waals surface area contributed by atoms with Crippen molar-refractivity contribution in [2.75, 3.05) is 33.4 Å². The van der Waals surface area contributed by atoms with Crippen molar-refractivity contribution in [3.8, 4) is 11.5 Å². The Morgan fingerprint density at radius 2 is 1.57 bits per heavy atom. The monoisotopic (exact) mass is 1200 g/mol. The number of methoxy groups -OCH3 is 1. The van der Waals surface area contributed by atoms with Gasteiger partial charge < -0.3 is 83.3 Å². The van der Waals surface area contributed by atoms with E-state index in [1.807, 2.05) is 32.9 Å². The molecule has 23 heteroatoms. The molecule has 460 valence electrons. The zero-order chi connectivity index (χ0) is 61.1. The highest BCUT2D eigenvalue weighted by Gasteiger charge is 2.53. The molecule has 5 rings (SSSR count). The zero-order valence-electron chi connectivity index (χ0n) is 48.9. The molecule has 0 spiro atoms. The van der Waals surface area contributed by atoms with E-state index in [9.17, 15) is 54.9 Å². The minimum absolute atomic E-state index is 0.0503. The number of allylic oxidation sites excluding steroid dienone is 4. The highest BCUT2D eigenvalue weighted by molar-refractivity contribution is 6.39. The van der Waals surface area contributed by atoms with Gasteiger partial charge in [-0.15, -0.1) is 0 Å². The summed E-state index contributed by atoms with van der Waals surface area (Å²) in [5, 5.41) is 77.3. The number of nitrogens with zero attached hydrogens (tertiary/aromatic N) is 1. The Labute approximate surface area is 490 Å². The van der Waals surface area contributed by atoms with Crippen molar-refractivity contribution in [3.63, 3.8) is 0 Å². The Hall–Kier alpha value is -4.46. The summed E-state index contributed by atoms with van der Waals surface area (Å²) in [5.41, 5.74) is 0.291. The highest BCUT2D eigenvalue weighted by Crippen LogP contribution is 2.46. The minimum atomic E-state index is -1.62. The summed E-state index contributed by atoms with van der Waals surface area (Å²) in [6.07, 6.45) is -5.49. The lowest BCUT2D eigenvalue weighted by Crippen LogP contribution is -2.64. The number of hydrogen-bond acceptors (Lipinski definition) is 20. The number of hydrogen-bond donors (Lipinski definition) is 7. The molecular weight excluding hydrogens is 1110 g/mol. The molecule has 4 heterocycles. The molecule has 4 aliphatic rings. The third-order valence-corrected chi connectivity index (χ3v) is 15.9. The first-order valence-corrected chi connectivity index (χ1v) is 28.7. The van der Waals surface area contributed by atoms with E-state index in [0.717, 1.165) is 0 Å². The fraction of sp³-hybridized carbons (Fsp3) is 0.661. The van der Waals surface area contributed by atoms with Gasteiger partial charge in [0.1, 0.15) is 46.7 Å². The van der Waals surface area contributed by atoms with Gasteiger partial charge in [0.05, 0.1) is 53.6 Å².